The van der Waals surface area contributed by atoms with Gasteiger partial charge in [-0.25, -0.2) is 0 Å². The number of rotatable bonds is 6. The van der Waals surface area contributed by atoms with Crippen molar-refractivity contribution in [2.75, 3.05) is 26.7 Å². The molecule has 2 aromatic carbocycles. The molecule has 2 aromatic rings. The van der Waals surface area contributed by atoms with Crippen LogP contribution in [-0.2, 0) is 0 Å². The zero-order chi connectivity index (χ0) is 17.6. The van der Waals surface area contributed by atoms with Gasteiger partial charge in [0.2, 0.25) is 0 Å². The van der Waals surface area contributed by atoms with Crippen LogP contribution in [0.15, 0.2) is 47.5 Å². The Morgan fingerprint density at radius 3 is 2.72 bits per heavy atom. The van der Waals surface area contributed by atoms with Crippen molar-refractivity contribution in [2.45, 2.75) is 18.9 Å². The number of hydrogen-bond donors (Lipinski definition) is 1. The lowest BCUT2D eigenvalue weighted by Crippen LogP contribution is -2.28. The summed E-state index contributed by atoms with van der Waals surface area (Å²) >= 11 is 6.42. The van der Waals surface area contributed by atoms with E-state index in [9.17, 15) is 5.11 Å². The molecule has 1 aliphatic rings. The molecule has 1 aliphatic heterocycles. The van der Waals surface area contributed by atoms with Gasteiger partial charge in [0.05, 0.1) is 19.7 Å². The summed E-state index contributed by atoms with van der Waals surface area (Å²) in [5.74, 6) is 0.890. The summed E-state index contributed by atoms with van der Waals surface area (Å²) in [6.45, 7) is 2.73. The second-order valence-corrected chi connectivity index (χ2v) is 6.61. The van der Waals surface area contributed by atoms with Gasteiger partial charge in [-0.05, 0) is 55.8 Å². The van der Waals surface area contributed by atoms with Crippen molar-refractivity contribution in [1.29, 1.82) is 0 Å². The van der Waals surface area contributed by atoms with Crippen molar-refractivity contribution in [3.05, 3.63) is 58.6 Å². The number of phenolic OH excluding ortho intramolecular Hbond substituents is 1. The van der Waals surface area contributed by atoms with Gasteiger partial charge in [0.25, 0.3) is 0 Å². The maximum atomic E-state index is 9.99. The number of ether oxygens (including phenoxy) is 1. The van der Waals surface area contributed by atoms with Gasteiger partial charge in [-0.2, -0.15) is 0 Å². The Labute approximate surface area is 153 Å². The van der Waals surface area contributed by atoms with Crippen molar-refractivity contribution in [2.24, 2.45) is 4.99 Å². The van der Waals surface area contributed by atoms with Gasteiger partial charge in [0.15, 0.2) is 0 Å². The van der Waals surface area contributed by atoms with Crippen LogP contribution in [0.1, 0.15) is 30.0 Å². The van der Waals surface area contributed by atoms with Gasteiger partial charge in [-0.15, -0.1) is 0 Å². The minimum Gasteiger partial charge on any atom is -0.507 e. The average Bonchev–Trinajstić information content (AvgIpc) is 3.15. The molecule has 1 heterocycles. The molecule has 0 radical (unpaired) electrons. The van der Waals surface area contributed by atoms with Crippen molar-refractivity contribution in [3.63, 3.8) is 0 Å². The fourth-order valence-corrected chi connectivity index (χ4v) is 3.48. The normalized spacial score (nSPS) is 16.4. The van der Waals surface area contributed by atoms with E-state index in [-0.39, 0.29) is 11.8 Å². The Morgan fingerprint density at radius 1 is 1.24 bits per heavy atom. The van der Waals surface area contributed by atoms with Crippen molar-refractivity contribution in [3.8, 4) is 11.5 Å². The van der Waals surface area contributed by atoms with Crippen LogP contribution < -0.4 is 4.74 Å². The molecular formula is C20H23ClN2O2. The quantitative estimate of drug-likeness (QED) is 0.782. The van der Waals surface area contributed by atoms with Crippen LogP contribution in [0.2, 0.25) is 5.02 Å². The molecule has 3 rings (SSSR count). The average molecular weight is 359 g/mol. The Hall–Kier alpha value is -2.04. The number of hydrogen-bond acceptors (Lipinski definition) is 4. The second-order valence-electron chi connectivity index (χ2n) is 6.20. The zero-order valence-corrected chi connectivity index (χ0v) is 15.1. The Kier molecular flexibility index (Phi) is 5.95. The number of phenols is 1. The second kappa shape index (κ2) is 8.37. The van der Waals surface area contributed by atoms with Crippen molar-refractivity contribution >= 4 is 17.8 Å². The van der Waals surface area contributed by atoms with Gasteiger partial charge in [-0.1, -0.05) is 29.8 Å². The molecule has 1 saturated heterocycles. The van der Waals surface area contributed by atoms with Gasteiger partial charge in [0, 0.05) is 16.8 Å². The van der Waals surface area contributed by atoms with E-state index in [1.54, 1.807) is 31.5 Å². The van der Waals surface area contributed by atoms with Crippen LogP contribution >= 0.6 is 11.6 Å². The first-order chi connectivity index (χ1) is 12.2. The molecule has 0 amide bonds. The third-order valence-electron chi connectivity index (χ3n) is 4.59. The SMILES string of the molecule is COc1ccc(O)c(C=NC[C@H](c2ccccc2Cl)N2CCCC2)c1. The minimum atomic E-state index is 0.153. The molecule has 5 heteroatoms. The summed E-state index contributed by atoms with van der Waals surface area (Å²) in [5, 5.41) is 10.8. The lowest BCUT2D eigenvalue weighted by atomic mass is 10.1. The van der Waals surface area contributed by atoms with Gasteiger partial charge in [-0.3, -0.25) is 9.89 Å². The molecule has 0 aromatic heterocycles. The lowest BCUT2D eigenvalue weighted by molar-refractivity contribution is 0.252. The van der Waals surface area contributed by atoms with Crippen LogP contribution in [0.5, 0.6) is 11.5 Å². The topological polar surface area (TPSA) is 45.1 Å². The predicted octanol–water partition coefficient (Wildman–Crippen LogP) is 4.31. The van der Waals surface area contributed by atoms with Crippen LogP contribution in [0, 0.1) is 0 Å². The summed E-state index contributed by atoms with van der Waals surface area (Å²) in [6, 6.07) is 13.2. The number of halogens is 1. The first-order valence-corrected chi connectivity index (χ1v) is 8.92. The van der Waals surface area contributed by atoms with Crippen LogP contribution in [0.25, 0.3) is 0 Å². The number of likely N-dealkylation sites (tertiary alicyclic amines) is 1. The lowest BCUT2D eigenvalue weighted by Gasteiger charge is -2.27. The summed E-state index contributed by atoms with van der Waals surface area (Å²) < 4.78 is 5.21. The first kappa shape index (κ1) is 17.8. The maximum absolute atomic E-state index is 9.99. The summed E-state index contributed by atoms with van der Waals surface area (Å²) in [5.41, 5.74) is 1.76. The van der Waals surface area contributed by atoms with Crippen molar-refractivity contribution < 1.29 is 9.84 Å². The largest absolute Gasteiger partial charge is 0.507 e. The molecule has 25 heavy (non-hydrogen) atoms. The fourth-order valence-electron chi connectivity index (χ4n) is 3.22. The van der Waals surface area contributed by atoms with Crippen LogP contribution in [0.4, 0.5) is 0 Å². The number of nitrogens with zero attached hydrogens (tertiary/aromatic N) is 2. The molecule has 0 unspecified atom stereocenters. The Bertz CT molecular complexity index is 742. The van der Waals surface area contributed by atoms with E-state index in [0.29, 0.717) is 17.9 Å². The Balaban J connectivity index is 1.80. The number of benzene rings is 2. The number of methoxy groups -OCH3 is 1. The molecular weight excluding hydrogens is 336 g/mol. The highest BCUT2D eigenvalue weighted by Gasteiger charge is 2.24. The summed E-state index contributed by atoms with van der Waals surface area (Å²) in [4.78, 5) is 7.03. The van der Waals surface area contributed by atoms with E-state index in [1.807, 2.05) is 18.2 Å². The highest BCUT2D eigenvalue weighted by atomic mass is 35.5. The highest BCUT2D eigenvalue weighted by molar-refractivity contribution is 6.31. The summed E-state index contributed by atoms with van der Waals surface area (Å²) in [6.07, 6.45) is 4.13. The molecule has 0 spiro atoms. The smallest absolute Gasteiger partial charge is 0.124 e. The Morgan fingerprint density at radius 2 is 2.00 bits per heavy atom. The summed E-state index contributed by atoms with van der Waals surface area (Å²) in [7, 11) is 1.61. The number of aromatic hydroxyl groups is 1. The van der Waals surface area contributed by atoms with E-state index < -0.39 is 0 Å². The van der Waals surface area contributed by atoms with Crippen LogP contribution in [0.3, 0.4) is 0 Å². The monoisotopic (exact) mass is 358 g/mol. The van der Waals surface area contributed by atoms with Crippen molar-refractivity contribution in [1.82, 2.24) is 4.90 Å². The zero-order valence-electron chi connectivity index (χ0n) is 14.4. The molecule has 0 aliphatic carbocycles. The third-order valence-corrected chi connectivity index (χ3v) is 4.93. The minimum absolute atomic E-state index is 0.153. The first-order valence-electron chi connectivity index (χ1n) is 8.54. The molecule has 1 fully saturated rings. The molecule has 4 nitrogen and oxygen atoms in total. The van der Waals surface area contributed by atoms with E-state index in [2.05, 4.69) is 16.0 Å². The number of aliphatic imine (C=N–C) groups is 1. The highest BCUT2D eigenvalue weighted by Crippen LogP contribution is 2.30. The predicted molar refractivity (Wildman–Crippen MR) is 102 cm³/mol. The fraction of sp³-hybridized carbons (Fsp3) is 0.350. The molecule has 0 saturated carbocycles. The van der Waals surface area contributed by atoms with Gasteiger partial charge < -0.3 is 9.84 Å². The van der Waals surface area contributed by atoms with Crippen LogP contribution in [-0.4, -0.2) is 43.0 Å². The molecule has 0 bridgehead atoms. The van der Waals surface area contributed by atoms with E-state index >= 15 is 0 Å². The molecule has 132 valence electrons. The van der Waals surface area contributed by atoms with Gasteiger partial charge >= 0.3 is 0 Å². The van der Waals surface area contributed by atoms with E-state index in [0.717, 1.165) is 23.7 Å². The van der Waals surface area contributed by atoms with E-state index in [4.69, 9.17) is 16.3 Å². The van der Waals surface area contributed by atoms with E-state index in [1.165, 1.54) is 12.8 Å². The molecule has 1 N–H and O–H groups in total. The maximum Gasteiger partial charge on any atom is 0.124 e. The molecule has 1 atom stereocenters. The standard InChI is InChI=1S/C20H23ClN2O2/c1-25-16-8-9-20(24)15(12-16)13-22-14-19(23-10-4-5-11-23)17-6-2-3-7-18(17)21/h2-3,6-9,12-13,19,24H,4-5,10-11,14H2,1H3/t19-/m1/s1. The van der Waals surface area contributed by atoms with Gasteiger partial charge in [0.1, 0.15) is 11.5 Å². The third kappa shape index (κ3) is 4.33.